The average Bonchev–Trinajstić information content (AvgIpc) is 2.88. The number of rotatable bonds is 5. The van der Waals surface area contributed by atoms with Gasteiger partial charge in [-0.15, -0.1) is 0 Å². The molecule has 0 spiro atoms. The van der Waals surface area contributed by atoms with Crippen molar-refractivity contribution >= 4 is 11.9 Å². The Labute approximate surface area is 92.7 Å². The molecule has 1 N–H and O–H groups in total. The summed E-state index contributed by atoms with van der Waals surface area (Å²) in [7, 11) is 0. The first kappa shape index (κ1) is 10.7. The third-order valence-corrected chi connectivity index (χ3v) is 2.52. The first-order valence-electron chi connectivity index (χ1n) is 5.21. The van der Waals surface area contributed by atoms with Gasteiger partial charge in [-0.1, -0.05) is 0 Å². The topological polar surface area (TPSA) is 70.8 Å². The average molecular weight is 223 g/mol. The van der Waals surface area contributed by atoms with Crippen LogP contribution in [0.15, 0.2) is 22.8 Å². The van der Waals surface area contributed by atoms with Gasteiger partial charge in [0.05, 0.1) is 6.26 Å². The molecule has 16 heavy (non-hydrogen) atoms. The van der Waals surface area contributed by atoms with Crippen molar-refractivity contribution in [2.75, 3.05) is 13.1 Å². The third-order valence-electron chi connectivity index (χ3n) is 2.52. The Morgan fingerprint density at radius 1 is 1.50 bits per heavy atom. The van der Waals surface area contributed by atoms with Crippen LogP contribution >= 0.6 is 0 Å². The zero-order valence-corrected chi connectivity index (χ0v) is 8.76. The maximum Gasteiger partial charge on any atom is 0.323 e. The number of hydrogen-bond acceptors (Lipinski definition) is 3. The van der Waals surface area contributed by atoms with Crippen LogP contribution in [-0.4, -0.2) is 35.0 Å². The van der Waals surface area contributed by atoms with Gasteiger partial charge in [0.15, 0.2) is 5.76 Å². The van der Waals surface area contributed by atoms with Crippen LogP contribution in [0.5, 0.6) is 0 Å². The van der Waals surface area contributed by atoms with Crippen molar-refractivity contribution in [3.63, 3.8) is 0 Å². The Kier molecular flexibility index (Phi) is 2.94. The van der Waals surface area contributed by atoms with Gasteiger partial charge >= 0.3 is 5.97 Å². The molecular formula is C11H13NO4. The minimum Gasteiger partial charge on any atom is -0.480 e. The summed E-state index contributed by atoms with van der Waals surface area (Å²) in [6.45, 7) is 0.238. The lowest BCUT2D eigenvalue weighted by Gasteiger charge is -2.18. The Hall–Kier alpha value is -1.78. The highest BCUT2D eigenvalue weighted by Gasteiger charge is 2.29. The lowest BCUT2D eigenvalue weighted by Crippen LogP contribution is -2.37. The molecule has 0 atom stereocenters. The summed E-state index contributed by atoms with van der Waals surface area (Å²) in [6, 6.07) is 3.16. The van der Waals surface area contributed by atoms with Crippen LogP contribution in [0.2, 0.25) is 0 Å². The fraction of sp³-hybridized carbons (Fsp3) is 0.455. The molecule has 1 aromatic heterocycles. The first-order valence-corrected chi connectivity index (χ1v) is 5.21. The van der Waals surface area contributed by atoms with Gasteiger partial charge in [-0.3, -0.25) is 9.59 Å². The number of nitrogens with zero attached hydrogens (tertiary/aromatic N) is 1. The van der Waals surface area contributed by atoms with Crippen LogP contribution in [-0.2, 0) is 4.79 Å². The lowest BCUT2D eigenvalue weighted by atomic mass is 10.3. The molecule has 1 fully saturated rings. The van der Waals surface area contributed by atoms with E-state index in [2.05, 4.69) is 0 Å². The standard InChI is InChI=1S/C11H13NO4/c13-10(14)7-12(6-8-3-4-8)11(15)9-2-1-5-16-9/h1-2,5,8H,3-4,6-7H2,(H,13,14). The molecule has 1 heterocycles. The molecule has 0 saturated heterocycles. The monoisotopic (exact) mass is 223 g/mol. The van der Waals surface area contributed by atoms with Crippen LogP contribution in [0.4, 0.5) is 0 Å². The Morgan fingerprint density at radius 2 is 2.25 bits per heavy atom. The van der Waals surface area contributed by atoms with E-state index in [0.29, 0.717) is 12.5 Å². The third kappa shape index (κ3) is 2.62. The second-order valence-corrected chi connectivity index (χ2v) is 4.00. The van der Waals surface area contributed by atoms with Crippen molar-refractivity contribution < 1.29 is 19.1 Å². The highest BCUT2D eigenvalue weighted by molar-refractivity contribution is 5.93. The molecular weight excluding hydrogens is 210 g/mol. The summed E-state index contributed by atoms with van der Waals surface area (Å²) in [5.41, 5.74) is 0. The largest absolute Gasteiger partial charge is 0.480 e. The maximum atomic E-state index is 11.9. The van der Waals surface area contributed by atoms with Crippen molar-refractivity contribution in [1.29, 1.82) is 0 Å². The number of carboxylic acids is 1. The number of amides is 1. The molecule has 5 nitrogen and oxygen atoms in total. The molecule has 0 unspecified atom stereocenters. The smallest absolute Gasteiger partial charge is 0.323 e. The molecule has 1 amide bonds. The van der Waals surface area contributed by atoms with Crippen molar-refractivity contribution in [3.05, 3.63) is 24.2 Å². The molecule has 2 rings (SSSR count). The van der Waals surface area contributed by atoms with E-state index in [-0.39, 0.29) is 18.2 Å². The summed E-state index contributed by atoms with van der Waals surface area (Å²) < 4.78 is 4.98. The number of aliphatic carboxylic acids is 1. The van der Waals surface area contributed by atoms with E-state index in [1.165, 1.54) is 11.2 Å². The van der Waals surface area contributed by atoms with E-state index < -0.39 is 5.97 Å². The summed E-state index contributed by atoms with van der Waals surface area (Å²) in [5, 5.41) is 8.74. The zero-order valence-electron chi connectivity index (χ0n) is 8.76. The normalized spacial score (nSPS) is 14.8. The van der Waals surface area contributed by atoms with Crippen LogP contribution in [0, 0.1) is 5.92 Å². The molecule has 1 aromatic rings. The van der Waals surface area contributed by atoms with Crippen molar-refractivity contribution in [2.24, 2.45) is 5.92 Å². The maximum absolute atomic E-state index is 11.9. The first-order chi connectivity index (χ1) is 7.66. The van der Waals surface area contributed by atoms with Crippen LogP contribution in [0.3, 0.4) is 0 Å². The van der Waals surface area contributed by atoms with E-state index in [4.69, 9.17) is 9.52 Å². The van der Waals surface area contributed by atoms with Gasteiger partial charge in [0, 0.05) is 6.54 Å². The van der Waals surface area contributed by atoms with E-state index in [1.807, 2.05) is 0 Å². The van der Waals surface area contributed by atoms with Crippen molar-refractivity contribution in [2.45, 2.75) is 12.8 Å². The SMILES string of the molecule is O=C(O)CN(CC1CC1)C(=O)c1ccco1. The molecule has 5 heteroatoms. The van der Waals surface area contributed by atoms with Gasteiger partial charge in [0.25, 0.3) is 5.91 Å². The lowest BCUT2D eigenvalue weighted by molar-refractivity contribution is -0.137. The van der Waals surface area contributed by atoms with Gasteiger partial charge < -0.3 is 14.4 Å². The molecule has 1 saturated carbocycles. The minimum absolute atomic E-state index is 0.196. The van der Waals surface area contributed by atoms with E-state index >= 15 is 0 Å². The molecule has 1 aliphatic carbocycles. The minimum atomic E-state index is -0.999. The van der Waals surface area contributed by atoms with Gasteiger partial charge in [0.1, 0.15) is 6.54 Å². The molecule has 0 radical (unpaired) electrons. The fourth-order valence-electron chi connectivity index (χ4n) is 1.55. The van der Waals surface area contributed by atoms with Gasteiger partial charge in [-0.2, -0.15) is 0 Å². The highest BCUT2D eigenvalue weighted by atomic mass is 16.4. The van der Waals surface area contributed by atoms with E-state index in [1.54, 1.807) is 12.1 Å². The predicted molar refractivity (Wildman–Crippen MR) is 55.0 cm³/mol. The summed E-state index contributed by atoms with van der Waals surface area (Å²) in [4.78, 5) is 23.9. The Bertz CT molecular complexity index is 381. The van der Waals surface area contributed by atoms with E-state index in [0.717, 1.165) is 12.8 Å². The molecule has 0 aliphatic heterocycles. The predicted octanol–water partition coefficient (Wildman–Crippen LogP) is 1.22. The van der Waals surface area contributed by atoms with Crippen molar-refractivity contribution in [1.82, 2.24) is 4.90 Å². The number of carbonyl (C=O) groups excluding carboxylic acids is 1. The zero-order chi connectivity index (χ0) is 11.5. The van der Waals surface area contributed by atoms with Crippen LogP contribution in [0.1, 0.15) is 23.4 Å². The molecule has 0 bridgehead atoms. The second kappa shape index (κ2) is 4.38. The van der Waals surface area contributed by atoms with Crippen molar-refractivity contribution in [3.8, 4) is 0 Å². The summed E-state index contributed by atoms with van der Waals surface area (Å²) in [5.74, 6) is -0.694. The number of furan rings is 1. The Balaban J connectivity index is 2.04. The van der Waals surface area contributed by atoms with Gasteiger partial charge in [-0.25, -0.2) is 0 Å². The highest BCUT2D eigenvalue weighted by Crippen LogP contribution is 2.30. The van der Waals surface area contributed by atoms with E-state index in [9.17, 15) is 9.59 Å². The molecule has 0 aromatic carbocycles. The van der Waals surface area contributed by atoms with Crippen LogP contribution < -0.4 is 0 Å². The number of carbonyl (C=O) groups is 2. The number of carboxylic acid groups (broad SMARTS) is 1. The van der Waals surface area contributed by atoms with Gasteiger partial charge in [-0.05, 0) is 30.9 Å². The quantitative estimate of drug-likeness (QED) is 0.814. The fourth-order valence-corrected chi connectivity index (χ4v) is 1.55. The number of hydrogen-bond donors (Lipinski definition) is 1. The molecule has 86 valence electrons. The van der Waals surface area contributed by atoms with Crippen LogP contribution in [0.25, 0.3) is 0 Å². The summed E-state index contributed by atoms with van der Waals surface area (Å²) >= 11 is 0. The summed E-state index contributed by atoms with van der Waals surface area (Å²) in [6.07, 6.45) is 3.55. The second-order valence-electron chi connectivity index (χ2n) is 4.00. The molecule has 1 aliphatic rings. The Morgan fingerprint density at radius 3 is 2.75 bits per heavy atom. The van der Waals surface area contributed by atoms with Gasteiger partial charge in [0.2, 0.25) is 0 Å².